The van der Waals surface area contributed by atoms with Crippen LogP contribution in [0.1, 0.15) is 40.7 Å². The highest BCUT2D eigenvalue weighted by atomic mass is 16.5. The van der Waals surface area contributed by atoms with E-state index in [-0.39, 0.29) is 12.2 Å². The second-order valence-electron chi connectivity index (χ2n) is 7.82. The summed E-state index contributed by atoms with van der Waals surface area (Å²) >= 11 is 0. The van der Waals surface area contributed by atoms with Gasteiger partial charge in [0.05, 0.1) is 20.5 Å². The Labute approximate surface area is 186 Å². The summed E-state index contributed by atoms with van der Waals surface area (Å²) in [6.45, 7) is 2.11. The predicted octanol–water partition coefficient (Wildman–Crippen LogP) is 4.72. The SMILES string of the molecule is CO/C=C(/C(=O)OC)c1ccccc1COc1ccc2c3c(c(=O)oc2c1C)CCCC3. The molecular weight excluding hydrogens is 408 g/mol. The van der Waals surface area contributed by atoms with Crippen LogP contribution in [0.2, 0.25) is 0 Å². The lowest BCUT2D eigenvalue weighted by molar-refractivity contribution is -0.133. The maximum Gasteiger partial charge on any atom is 0.341 e. The Balaban J connectivity index is 1.68. The lowest BCUT2D eigenvalue weighted by Gasteiger charge is -2.18. The monoisotopic (exact) mass is 434 g/mol. The van der Waals surface area contributed by atoms with Crippen molar-refractivity contribution in [3.63, 3.8) is 0 Å². The van der Waals surface area contributed by atoms with E-state index in [0.29, 0.717) is 22.5 Å². The molecule has 0 radical (unpaired) electrons. The van der Waals surface area contributed by atoms with Gasteiger partial charge >= 0.3 is 11.6 Å². The standard InChI is InChI=1S/C26H26O6/c1-16-23(13-12-20-19-10-6-7-11-21(19)26(28)32-24(16)20)31-14-17-8-4-5-9-18(17)22(15-29-2)25(27)30-3/h4-5,8-9,12-13,15H,6-7,10-11,14H2,1-3H3/b22-15+. The van der Waals surface area contributed by atoms with Gasteiger partial charge < -0.3 is 18.6 Å². The summed E-state index contributed by atoms with van der Waals surface area (Å²) in [7, 11) is 2.81. The fourth-order valence-corrected chi connectivity index (χ4v) is 4.30. The number of methoxy groups -OCH3 is 2. The normalized spacial score (nSPS) is 13.5. The van der Waals surface area contributed by atoms with Gasteiger partial charge in [-0.05, 0) is 61.4 Å². The van der Waals surface area contributed by atoms with E-state index >= 15 is 0 Å². The Bertz CT molecular complexity index is 1250. The van der Waals surface area contributed by atoms with Crippen molar-refractivity contribution >= 4 is 22.5 Å². The van der Waals surface area contributed by atoms with Crippen molar-refractivity contribution in [3.05, 3.63) is 80.9 Å². The first-order valence-corrected chi connectivity index (χ1v) is 10.7. The Morgan fingerprint density at radius 2 is 1.81 bits per heavy atom. The number of ether oxygens (including phenoxy) is 3. The lowest BCUT2D eigenvalue weighted by Crippen LogP contribution is -2.16. The van der Waals surface area contributed by atoms with E-state index in [9.17, 15) is 9.59 Å². The molecular formula is C26H26O6. The second-order valence-corrected chi connectivity index (χ2v) is 7.82. The Hall–Kier alpha value is -3.54. The molecule has 1 aromatic heterocycles. The van der Waals surface area contributed by atoms with Crippen molar-refractivity contribution < 1.29 is 23.4 Å². The minimum atomic E-state index is -0.493. The highest BCUT2D eigenvalue weighted by molar-refractivity contribution is 6.16. The van der Waals surface area contributed by atoms with E-state index in [4.69, 9.17) is 18.6 Å². The predicted molar refractivity (Wildman–Crippen MR) is 122 cm³/mol. The maximum atomic E-state index is 12.5. The molecule has 3 aromatic rings. The van der Waals surface area contributed by atoms with Crippen molar-refractivity contribution in [2.45, 2.75) is 39.2 Å². The Morgan fingerprint density at radius 3 is 2.56 bits per heavy atom. The first-order valence-electron chi connectivity index (χ1n) is 10.7. The molecule has 6 nitrogen and oxygen atoms in total. The molecule has 0 bridgehead atoms. The molecule has 1 aliphatic carbocycles. The third-order valence-corrected chi connectivity index (χ3v) is 5.92. The quantitative estimate of drug-likeness (QED) is 0.242. The fraction of sp³-hybridized carbons (Fsp3) is 0.308. The Kier molecular flexibility index (Phi) is 6.30. The number of hydrogen-bond acceptors (Lipinski definition) is 6. The largest absolute Gasteiger partial charge is 0.503 e. The van der Waals surface area contributed by atoms with Crippen molar-refractivity contribution in [1.82, 2.24) is 0 Å². The average Bonchev–Trinajstić information content (AvgIpc) is 2.82. The number of hydrogen-bond donors (Lipinski definition) is 0. The fourth-order valence-electron chi connectivity index (χ4n) is 4.30. The molecule has 0 saturated heterocycles. The summed E-state index contributed by atoms with van der Waals surface area (Å²) in [5.41, 5.74) is 4.81. The van der Waals surface area contributed by atoms with Gasteiger partial charge in [0.25, 0.3) is 0 Å². The molecule has 0 N–H and O–H groups in total. The number of fused-ring (bicyclic) bond motifs is 3. The zero-order valence-corrected chi connectivity index (χ0v) is 18.5. The van der Waals surface area contributed by atoms with Gasteiger partial charge in [-0.3, -0.25) is 0 Å². The molecule has 32 heavy (non-hydrogen) atoms. The molecule has 0 unspecified atom stereocenters. The van der Waals surface area contributed by atoms with Crippen LogP contribution in [0.5, 0.6) is 5.75 Å². The van der Waals surface area contributed by atoms with Crippen LogP contribution in [0.4, 0.5) is 0 Å². The number of carbonyl (C=O) groups is 1. The number of carbonyl (C=O) groups excluding carboxylic acids is 1. The second kappa shape index (κ2) is 9.30. The van der Waals surface area contributed by atoms with Crippen LogP contribution in [-0.4, -0.2) is 20.2 Å². The number of benzene rings is 2. The first kappa shape index (κ1) is 21.7. The molecule has 2 aromatic carbocycles. The van der Waals surface area contributed by atoms with E-state index in [1.54, 1.807) is 0 Å². The van der Waals surface area contributed by atoms with Gasteiger partial charge in [-0.15, -0.1) is 0 Å². The molecule has 0 spiro atoms. The summed E-state index contributed by atoms with van der Waals surface area (Å²) in [5, 5.41) is 0.987. The number of esters is 1. The van der Waals surface area contributed by atoms with E-state index in [0.717, 1.165) is 53.3 Å². The van der Waals surface area contributed by atoms with Crippen LogP contribution >= 0.6 is 0 Å². The smallest absolute Gasteiger partial charge is 0.341 e. The molecule has 4 rings (SSSR count). The summed E-state index contributed by atoms with van der Waals surface area (Å²) in [6, 6.07) is 11.3. The molecule has 0 atom stereocenters. The van der Waals surface area contributed by atoms with Crippen LogP contribution in [0.3, 0.4) is 0 Å². The minimum absolute atomic E-state index is 0.218. The van der Waals surface area contributed by atoms with Crippen LogP contribution in [0, 0.1) is 6.92 Å². The van der Waals surface area contributed by atoms with Crippen LogP contribution in [0.25, 0.3) is 16.5 Å². The first-order chi connectivity index (χ1) is 15.5. The summed E-state index contributed by atoms with van der Waals surface area (Å²) in [5.74, 6) is 0.134. The molecule has 1 heterocycles. The molecule has 166 valence electrons. The molecule has 0 saturated carbocycles. The van der Waals surface area contributed by atoms with Crippen molar-refractivity contribution in [1.29, 1.82) is 0 Å². The van der Waals surface area contributed by atoms with Gasteiger partial charge in [0, 0.05) is 16.5 Å². The summed E-state index contributed by atoms with van der Waals surface area (Å²) in [6.07, 6.45) is 5.14. The zero-order chi connectivity index (χ0) is 22.7. The van der Waals surface area contributed by atoms with Crippen molar-refractivity contribution in [2.24, 2.45) is 0 Å². The van der Waals surface area contributed by atoms with Gasteiger partial charge in [0.2, 0.25) is 0 Å². The van der Waals surface area contributed by atoms with Gasteiger partial charge in [-0.25, -0.2) is 9.59 Å². The van der Waals surface area contributed by atoms with E-state index in [1.165, 1.54) is 20.5 Å². The zero-order valence-electron chi connectivity index (χ0n) is 18.5. The van der Waals surface area contributed by atoms with E-state index in [1.807, 2.05) is 43.3 Å². The van der Waals surface area contributed by atoms with Crippen molar-refractivity contribution in [2.75, 3.05) is 14.2 Å². The average molecular weight is 434 g/mol. The molecule has 0 fully saturated rings. The minimum Gasteiger partial charge on any atom is -0.503 e. The number of rotatable bonds is 6. The molecule has 1 aliphatic rings. The summed E-state index contributed by atoms with van der Waals surface area (Å²) < 4.78 is 21.8. The summed E-state index contributed by atoms with van der Waals surface area (Å²) in [4.78, 5) is 24.8. The van der Waals surface area contributed by atoms with Crippen LogP contribution in [0.15, 0.2) is 51.9 Å². The highest BCUT2D eigenvalue weighted by Gasteiger charge is 2.21. The van der Waals surface area contributed by atoms with E-state index in [2.05, 4.69) is 0 Å². The van der Waals surface area contributed by atoms with Gasteiger partial charge in [-0.2, -0.15) is 0 Å². The third-order valence-electron chi connectivity index (χ3n) is 5.92. The van der Waals surface area contributed by atoms with Crippen LogP contribution in [-0.2, 0) is 33.7 Å². The van der Waals surface area contributed by atoms with Crippen LogP contribution < -0.4 is 10.4 Å². The molecule has 0 aliphatic heterocycles. The highest BCUT2D eigenvalue weighted by Crippen LogP contribution is 2.33. The molecule has 6 heteroatoms. The van der Waals surface area contributed by atoms with Gasteiger partial charge in [0.1, 0.15) is 23.5 Å². The number of aryl methyl sites for hydroxylation is 2. The Morgan fingerprint density at radius 1 is 1.06 bits per heavy atom. The van der Waals surface area contributed by atoms with Gasteiger partial charge in [0.15, 0.2) is 0 Å². The lowest BCUT2D eigenvalue weighted by atomic mass is 9.90. The maximum absolute atomic E-state index is 12.5. The van der Waals surface area contributed by atoms with Crippen molar-refractivity contribution in [3.8, 4) is 5.75 Å². The van der Waals surface area contributed by atoms with E-state index < -0.39 is 5.97 Å². The molecule has 0 amide bonds. The third kappa shape index (κ3) is 4.00. The topological polar surface area (TPSA) is 75.0 Å². The van der Waals surface area contributed by atoms with Gasteiger partial charge in [-0.1, -0.05) is 24.3 Å².